The Morgan fingerprint density at radius 1 is 1.25 bits per heavy atom. The molecule has 1 saturated heterocycles. The van der Waals surface area contributed by atoms with Crippen LogP contribution >= 0.6 is 11.3 Å². The molecule has 6 heteroatoms. The van der Waals surface area contributed by atoms with Crippen molar-refractivity contribution in [2.75, 3.05) is 38.1 Å². The fraction of sp³-hybridized carbons (Fsp3) is 0.333. The molecule has 1 aromatic carbocycles. The van der Waals surface area contributed by atoms with Crippen LogP contribution in [0.3, 0.4) is 0 Å². The van der Waals surface area contributed by atoms with E-state index in [1.165, 1.54) is 5.00 Å². The number of piperazine rings is 1. The molecule has 24 heavy (non-hydrogen) atoms. The van der Waals surface area contributed by atoms with Crippen LogP contribution in [0.15, 0.2) is 46.8 Å². The molecule has 2 aromatic rings. The van der Waals surface area contributed by atoms with Gasteiger partial charge in [-0.3, -0.25) is 4.99 Å². The van der Waals surface area contributed by atoms with Crippen LogP contribution in [0.4, 0.5) is 5.00 Å². The van der Waals surface area contributed by atoms with E-state index in [1.54, 1.807) is 11.3 Å². The lowest BCUT2D eigenvalue weighted by atomic mass is 10.1. The summed E-state index contributed by atoms with van der Waals surface area (Å²) < 4.78 is 0. The molecule has 1 aromatic heterocycles. The van der Waals surface area contributed by atoms with Gasteiger partial charge in [-0.25, -0.2) is 0 Å². The van der Waals surface area contributed by atoms with E-state index in [1.807, 2.05) is 31.3 Å². The SMILES string of the molecule is CN=C(NCc1cccc(C#N)c1)N1CCN(c2cccs2)CC1. The summed E-state index contributed by atoms with van der Waals surface area (Å²) in [6.07, 6.45) is 0. The molecule has 0 amide bonds. The van der Waals surface area contributed by atoms with Gasteiger partial charge in [0, 0.05) is 39.8 Å². The van der Waals surface area contributed by atoms with Crippen molar-refractivity contribution >= 4 is 22.3 Å². The summed E-state index contributed by atoms with van der Waals surface area (Å²) >= 11 is 1.79. The molecule has 0 radical (unpaired) electrons. The van der Waals surface area contributed by atoms with E-state index >= 15 is 0 Å². The number of nitriles is 1. The van der Waals surface area contributed by atoms with Crippen molar-refractivity contribution in [1.82, 2.24) is 10.2 Å². The summed E-state index contributed by atoms with van der Waals surface area (Å²) in [5.74, 6) is 0.920. The molecule has 0 bridgehead atoms. The van der Waals surface area contributed by atoms with Gasteiger partial charge in [-0.15, -0.1) is 11.3 Å². The average Bonchev–Trinajstić information content (AvgIpc) is 3.18. The van der Waals surface area contributed by atoms with Crippen LogP contribution in [0.5, 0.6) is 0 Å². The zero-order valence-corrected chi connectivity index (χ0v) is 14.6. The number of hydrogen-bond donors (Lipinski definition) is 1. The van der Waals surface area contributed by atoms with E-state index in [4.69, 9.17) is 5.26 Å². The quantitative estimate of drug-likeness (QED) is 0.690. The normalized spacial score (nSPS) is 15.2. The number of hydrogen-bond acceptors (Lipinski definition) is 4. The highest BCUT2D eigenvalue weighted by Crippen LogP contribution is 2.22. The predicted octanol–water partition coefficient (Wildman–Crippen LogP) is 2.52. The van der Waals surface area contributed by atoms with Gasteiger partial charge < -0.3 is 15.1 Å². The van der Waals surface area contributed by atoms with Gasteiger partial charge in [0.2, 0.25) is 0 Å². The maximum absolute atomic E-state index is 8.99. The molecule has 124 valence electrons. The van der Waals surface area contributed by atoms with Crippen molar-refractivity contribution in [3.05, 3.63) is 52.9 Å². The van der Waals surface area contributed by atoms with Gasteiger partial charge in [0.05, 0.1) is 16.6 Å². The second kappa shape index (κ2) is 7.84. The summed E-state index contributed by atoms with van der Waals surface area (Å²) in [5.41, 5.74) is 1.78. The summed E-state index contributed by atoms with van der Waals surface area (Å²) in [6, 6.07) is 14.1. The van der Waals surface area contributed by atoms with E-state index < -0.39 is 0 Å². The zero-order valence-electron chi connectivity index (χ0n) is 13.8. The Morgan fingerprint density at radius 2 is 2.08 bits per heavy atom. The first-order valence-electron chi connectivity index (χ1n) is 8.03. The smallest absolute Gasteiger partial charge is 0.194 e. The van der Waals surface area contributed by atoms with Gasteiger partial charge in [0.15, 0.2) is 5.96 Å². The molecular weight excluding hydrogens is 318 g/mol. The monoisotopic (exact) mass is 339 g/mol. The van der Waals surface area contributed by atoms with Gasteiger partial charge in [0.1, 0.15) is 0 Å². The minimum Gasteiger partial charge on any atom is -0.360 e. The maximum atomic E-state index is 8.99. The highest BCUT2D eigenvalue weighted by atomic mass is 32.1. The van der Waals surface area contributed by atoms with Crippen LogP contribution in [0.1, 0.15) is 11.1 Å². The summed E-state index contributed by atoms with van der Waals surface area (Å²) in [5, 5.41) is 15.9. The van der Waals surface area contributed by atoms with E-state index in [-0.39, 0.29) is 0 Å². The summed E-state index contributed by atoms with van der Waals surface area (Å²) in [4.78, 5) is 9.12. The van der Waals surface area contributed by atoms with Crippen LogP contribution in [0.2, 0.25) is 0 Å². The number of rotatable bonds is 3. The molecule has 1 aliphatic rings. The first-order chi connectivity index (χ1) is 11.8. The number of thiophene rings is 1. The molecule has 2 heterocycles. The molecule has 5 nitrogen and oxygen atoms in total. The Kier molecular flexibility index (Phi) is 5.34. The van der Waals surface area contributed by atoms with Crippen LogP contribution < -0.4 is 10.2 Å². The molecule has 0 atom stereocenters. The van der Waals surface area contributed by atoms with Gasteiger partial charge in [0.25, 0.3) is 0 Å². The number of benzene rings is 1. The van der Waals surface area contributed by atoms with Crippen LogP contribution in [0, 0.1) is 11.3 Å². The lowest BCUT2D eigenvalue weighted by molar-refractivity contribution is 0.373. The molecule has 3 rings (SSSR count). The van der Waals surface area contributed by atoms with Crippen LogP contribution in [0.25, 0.3) is 0 Å². The highest BCUT2D eigenvalue weighted by molar-refractivity contribution is 7.14. The average molecular weight is 339 g/mol. The van der Waals surface area contributed by atoms with Crippen molar-refractivity contribution in [3.8, 4) is 6.07 Å². The number of aliphatic imine (C=N–C) groups is 1. The van der Waals surface area contributed by atoms with Crippen molar-refractivity contribution in [2.45, 2.75) is 6.54 Å². The molecule has 1 N–H and O–H groups in total. The molecular formula is C18H21N5S. The number of nitrogens with zero attached hydrogens (tertiary/aromatic N) is 4. The third-order valence-corrected chi connectivity index (χ3v) is 5.04. The maximum Gasteiger partial charge on any atom is 0.194 e. The Hall–Kier alpha value is -2.52. The van der Waals surface area contributed by atoms with Gasteiger partial charge >= 0.3 is 0 Å². The van der Waals surface area contributed by atoms with Crippen molar-refractivity contribution in [3.63, 3.8) is 0 Å². The Bertz CT molecular complexity index is 724. The zero-order chi connectivity index (χ0) is 16.8. The lowest BCUT2D eigenvalue weighted by Gasteiger charge is -2.37. The molecule has 0 unspecified atom stereocenters. The topological polar surface area (TPSA) is 54.7 Å². The fourth-order valence-electron chi connectivity index (χ4n) is 2.85. The fourth-order valence-corrected chi connectivity index (χ4v) is 3.64. The second-order valence-corrected chi connectivity index (χ2v) is 6.56. The summed E-state index contributed by atoms with van der Waals surface area (Å²) in [6.45, 7) is 4.59. The molecule has 0 aliphatic carbocycles. The van der Waals surface area contributed by atoms with Crippen molar-refractivity contribution in [2.24, 2.45) is 4.99 Å². The third kappa shape index (κ3) is 3.87. The Balaban J connectivity index is 1.54. The number of anilines is 1. The Morgan fingerprint density at radius 3 is 2.75 bits per heavy atom. The van der Waals surface area contributed by atoms with Crippen LogP contribution in [-0.4, -0.2) is 44.1 Å². The minimum absolute atomic E-state index is 0.674. The van der Waals surface area contributed by atoms with Crippen LogP contribution in [-0.2, 0) is 6.54 Å². The first kappa shape index (κ1) is 16.3. The largest absolute Gasteiger partial charge is 0.360 e. The van der Waals surface area contributed by atoms with E-state index in [0.717, 1.165) is 37.7 Å². The van der Waals surface area contributed by atoms with Crippen molar-refractivity contribution < 1.29 is 0 Å². The van der Waals surface area contributed by atoms with Gasteiger partial charge in [-0.1, -0.05) is 12.1 Å². The number of nitrogens with one attached hydrogen (secondary N) is 1. The van der Waals surface area contributed by atoms with Gasteiger partial charge in [-0.05, 0) is 35.2 Å². The van der Waals surface area contributed by atoms with E-state index in [9.17, 15) is 0 Å². The van der Waals surface area contributed by atoms with E-state index in [0.29, 0.717) is 12.1 Å². The number of guanidine groups is 1. The highest BCUT2D eigenvalue weighted by Gasteiger charge is 2.20. The molecule has 0 saturated carbocycles. The van der Waals surface area contributed by atoms with Crippen molar-refractivity contribution in [1.29, 1.82) is 5.26 Å². The lowest BCUT2D eigenvalue weighted by Crippen LogP contribution is -2.52. The molecule has 1 aliphatic heterocycles. The minimum atomic E-state index is 0.674. The molecule has 0 spiro atoms. The standard InChI is InChI=1S/C18H21N5S/c1-20-18(21-14-16-5-2-4-15(12-16)13-19)23-9-7-22(8-10-23)17-6-3-11-24-17/h2-6,11-12H,7-10,14H2,1H3,(H,20,21). The second-order valence-electron chi connectivity index (χ2n) is 5.64. The molecule has 1 fully saturated rings. The Labute approximate surface area is 146 Å². The van der Waals surface area contributed by atoms with E-state index in [2.05, 4.69) is 43.7 Å². The van der Waals surface area contributed by atoms with Gasteiger partial charge in [-0.2, -0.15) is 5.26 Å². The first-order valence-corrected chi connectivity index (χ1v) is 8.91. The predicted molar refractivity (Wildman–Crippen MR) is 99.5 cm³/mol. The third-order valence-electron chi connectivity index (χ3n) is 4.12. The summed E-state index contributed by atoms with van der Waals surface area (Å²) in [7, 11) is 1.82.